The van der Waals surface area contributed by atoms with Crippen molar-refractivity contribution >= 4 is 40.6 Å². The summed E-state index contributed by atoms with van der Waals surface area (Å²) in [6.07, 6.45) is 0. The van der Waals surface area contributed by atoms with E-state index in [1.54, 1.807) is 0 Å². The lowest BCUT2D eigenvalue weighted by atomic mass is 10.2. The van der Waals surface area contributed by atoms with Crippen molar-refractivity contribution in [1.29, 1.82) is 0 Å². The third-order valence-corrected chi connectivity index (χ3v) is 5.31. The van der Waals surface area contributed by atoms with E-state index in [9.17, 15) is 4.79 Å². The maximum atomic E-state index is 11.9. The molecule has 0 saturated carbocycles. The summed E-state index contributed by atoms with van der Waals surface area (Å²) in [6, 6.07) is 11.5. The van der Waals surface area contributed by atoms with E-state index >= 15 is 0 Å². The lowest BCUT2D eigenvalue weighted by Gasteiger charge is -2.04. The number of thiophene rings is 1. The molecule has 24 heavy (non-hydrogen) atoms. The molecule has 0 aliphatic carbocycles. The van der Waals surface area contributed by atoms with Crippen LogP contribution in [0.5, 0.6) is 0 Å². The highest BCUT2D eigenvalue weighted by molar-refractivity contribution is 7.99. The quantitative estimate of drug-likeness (QED) is 0.672. The van der Waals surface area contributed by atoms with Gasteiger partial charge in [-0.25, -0.2) is 0 Å². The molecule has 2 heterocycles. The Bertz CT molecular complexity index is 805. The Kier molecular flexibility index (Phi) is 5.90. The molecule has 0 spiro atoms. The fourth-order valence-electron chi connectivity index (χ4n) is 1.93. The molecular formula is C16H14ClN3O2S2. The van der Waals surface area contributed by atoms with Gasteiger partial charge in [-0.2, -0.15) is 4.98 Å². The topological polar surface area (TPSA) is 68.0 Å². The molecule has 0 aliphatic heterocycles. The van der Waals surface area contributed by atoms with Crippen LogP contribution < -0.4 is 5.32 Å². The second kappa shape index (κ2) is 8.32. The lowest BCUT2D eigenvalue weighted by molar-refractivity contribution is -0.118. The van der Waals surface area contributed by atoms with Gasteiger partial charge in [0.1, 0.15) is 0 Å². The summed E-state index contributed by atoms with van der Waals surface area (Å²) >= 11 is 9.13. The maximum absolute atomic E-state index is 11.9. The van der Waals surface area contributed by atoms with E-state index in [1.165, 1.54) is 23.1 Å². The van der Waals surface area contributed by atoms with Crippen molar-refractivity contribution in [3.63, 3.8) is 0 Å². The molecule has 8 heteroatoms. The number of nitrogens with one attached hydrogen (secondary N) is 1. The first-order chi connectivity index (χ1) is 11.7. The normalized spacial score (nSPS) is 10.7. The minimum Gasteiger partial charge on any atom is -0.346 e. The van der Waals surface area contributed by atoms with E-state index in [0.29, 0.717) is 23.2 Å². The molecule has 0 radical (unpaired) electrons. The molecule has 3 aromatic rings. The molecule has 1 aromatic carbocycles. The fraction of sp³-hybridized carbons (Fsp3) is 0.188. The summed E-state index contributed by atoms with van der Waals surface area (Å²) in [6.45, 7) is 0.226. The van der Waals surface area contributed by atoms with Crippen molar-refractivity contribution in [3.05, 3.63) is 58.3 Å². The molecular weight excluding hydrogens is 366 g/mol. The summed E-state index contributed by atoms with van der Waals surface area (Å²) in [5.41, 5.74) is 1.02. The van der Waals surface area contributed by atoms with Gasteiger partial charge in [-0.15, -0.1) is 23.1 Å². The first-order valence-electron chi connectivity index (χ1n) is 7.16. The van der Waals surface area contributed by atoms with Crippen molar-refractivity contribution in [2.24, 2.45) is 0 Å². The SMILES string of the molecule is O=C(CSCc1ccccc1Cl)NCc1nc(-c2cccs2)no1. The zero-order chi connectivity index (χ0) is 16.8. The minimum absolute atomic E-state index is 0.0806. The summed E-state index contributed by atoms with van der Waals surface area (Å²) < 4.78 is 5.13. The third kappa shape index (κ3) is 4.59. The molecule has 0 atom stereocenters. The number of thioether (sulfide) groups is 1. The molecule has 124 valence electrons. The maximum Gasteiger partial charge on any atom is 0.246 e. The van der Waals surface area contributed by atoms with Crippen LogP contribution in [0.3, 0.4) is 0 Å². The van der Waals surface area contributed by atoms with Crippen molar-refractivity contribution in [3.8, 4) is 10.7 Å². The van der Waals surface area contributed by atoms with Gasteiger partial charge in [-0.1, -0.05) is 41.0 Å². The Morgan fingerprint density at radius 3 is 2.96 bits per heavy atom. The molecule has 1 N–H and O–H groups in total. The number of carbonyl (C=O) groups excluding carboxylic acids is 1. The van der Waals surface area contributed by atoms with Crippen molar-refractivity contribution in [2.75, 3.05) is 5.75 Å². The summed E-state index contributed by atoms with van der Waals surface area (Å²) in [5.74, 6) is 1.89. The monoisotopic (exact) mass is 379 g/mol. The number of benzene rings is 1. The van der Waals surface area contributed by atoms with Gasteiger partial charge in [0.05, 0.1) is 17.2 Å². The predicted octanol–water partition coefficient (Wildman–Crippen LogP) is 4.00. The summed E-state index contributed by atoms with van der Waals surface area (Å²) in [7, 11) is 0. The standard InChI is InChI=1S/C16H14ClN3O2S2/c17-12-5-2-1-4-11(12)9-23-10-14(21)18-8-15-19-16(20-22-15)13-6-3-7-24-13/h1-7H,8-10H2,(H,18,21). The van der Waals surface area contributed by atoms with Gasteiger partial charge in [-0.05, 0) is 23.1 Å². The van der Waals surface area contributed by atoms with Gasteiger partial charge in [0.2, 0.25) is 17.6 Å². The van der Waals surface area contributed by atoms with E-state index < -0.39 is 0 Å². The van der Waals surface area contributed by atoms with Crippen molar-refractivity contribution < 1.29 is 9.32 Å². The Labute approximate surface area is 152 Å². The van der Waals surface area contributed by atoms with Crippen LogP contribution in [-0.2, 0) is 17.1 Å². The number of hydrogen-bond acceptors (Lipinski definition) is 6. The van der Waals surface area contributed by atoms with E-state index in [0.717, 1.165) is 15.5 Å². The molecule has 0 saturated heterocycles. The van der Waals surface area contributed by atoms with Crippen LogP contribution >= 0.6 is 34.7 Å². The number of nitrogens with zero attached hydrogens (tertiary/aromatic N) is 2. The van der Waals surface area contributed by atoms with Crippen LogP contribution in [0.4, 0.5) is 0 Å². The van der Waals surface area contributed by atoms with Crippen LogP contribution in [0.2, 0.25) is 5.02 Å². The zero-order valence-corrected chi connectivity index (χ0v) is 15.0. The number of carbonyl (C=O) groups is 1. The number of amides is 1. The van der Waals surface area contributed by atoms with Crippen LogP contribution in [0, 0.1) is 0 Å². The molecule has 3 rings (SSSR count). The Morgan fingerprint density at radius 2 is 2.17 bits per heavy atom. The third-order valence-electron chi connectivity index (χ3n) is 3.09. The van der Waals surface area contributed by atoms with Gasteiger partial charge >= 0.3 is 0 Å². The Balaban J connectivity index is 1.42. The second-order valence-corrected chi connectivity index (χ2v) is 7.19. The smallest absolute Gasteiger partial charge is 0.246 e. The molecule has 1 amide bonds. The highest BCUT2D eigenvalue weighted by atomic mass is 35.5. The molecule has 0 unspecified atom stereocenters. The van der Waals surface area contributed by atoms with Gasteiger partial charge in [0.25, 0.3) is 0 Å². The number of halogens is 1. The Hall–Kier alpha value is -1.83. The lowest BCUT2D eigenvalue weighted by Crippen LogP contribution is -2.24. The van der Waals surface area contributed by atoms with Gasteiger partial charge in [0, 0.05) is 10.8 Å². The first kappa shape index (κ1) is 17.0. The van der Waals surface area contributed by atoms with Gasteiger partial charge in [0.15, 0.2) is 0 Å². The number of rotatable bonds is 7. The van der Waals surface area contributed by atoms with Gasteiger partial charge < -0.3 is 9.84 Å². The number of aromatic nitrogens is 2. The van der Waals surface area contributed by atoms with Crippen LogP contribution in [-0.4, -0.2) is 21.8 Å². The average Bonchev–Trinajstić information content (AvgIpc) is 3.26. The fourth-order valence-corrected chi connectivity index (χ4v) is 3.72. The largest absolute Gasteiger partial charge is 0.346 e. The summed E-state index contributed by atoms with van der Waals surface area (Å²) in [4.78, 5) is 17.1. The molecule has 2 aromatic heterocycles. The van der Waals surface area contributed by atoms with E-state index in [1.807, 2.05) is 41.8 Å². The van der Waals surface area contributed by atoms with Crippen molar-refractivity contribution in [1.82, 2.24) is 15.5 Å². The van der Waals surface area contributed by atoms with Crippen LogP contribution in [0.15, 0.2) is 46.3 Å². The summed E-state index contributed by atoms with van der Waals surface area (Å²) in [5, 5.41) is 9.34. The minimum atomic E-state index is -0.0806. The van der Waals surface area contributed by atoms with E-state index in [4.69, 9.17) is 16.1 Å². The highest BCUT2D eigenvalue weighted by Gasteiger charge is 2.10. The Morgan fingerprint density at radius 1 is 1.29 bits per heavy atom. The molecule has 5 nitrogen and oxygen atoms in total. The zero-order valence-electron chi connectivity index (χ0n) is 12.6. The number of hydrogen-bond donors (Lipinski definition) is 1. The molecule has 0 fully saturated rings. The highest BCUT2D eigenvalue weighted by Crippen LogP contribution is 2.22. The van der Waals surface area contributed by atoms with E-state index in [-0.39, 0.29) is 12.5 Å². The second-order valence-electron chi connectivity index (χ2n) is 4.85. The molecule has 0 bridgehead atoms. The van der Waals surface area contributed by atoms with E-state index in [2.05, 4.69) is 15.5 Å². The van der Waals surface area contributed by atoms with Crippen LogP contribution in [0.1, 0.15) is 11.5 Å². The predicted molar refractivity (Wildman–Crippen MR) is 97.1 cm³/mol. The average molecular weight is 380 g/mol. The molecule has 0 aliphatic rings. The van der Waals surface area contributed by atoms with Crippen LogP contribution in [0.25, 0.3) is 10.7 Å². The first-order valence-corrected chi connectivity index (χ1v) is 9.58. The van der Waals surface area contributed by atoms with Crippen molar-refractivity contribution in [2.45, 2.75) is 12.3 Å². The van der Waals surface area contributed by atoms with Gasteiger partial charge in [-0.3, -0.25) is 4.79 Å².